The summed E-state index contributed by atoms with van der Waals surface area (Å²) in [6, 6.07) is 3.39. The Hall–Kier alpha value is -2.44. The molecule has 7 heteroatoms. The minimum Gasteiger partial charge on any atom is -0.462 e. The van der Waals surface area contributed by atoms with E-state index in [1.807, 2.05) is 13.8 Å². The number of hydrogen-bond acceptors (Lipinski definition) is 6. The van der Waals surface area contributed by atoms with Crippen molar-refractivity contribution in [2.24, 2.45) is 0 Å². The third-order valence-electron chi connectivity index (χ3n) is 2.53. The van der Waals surface area contributed by atoms with Crippen LogP contribution < -0.4 is 0 Å². The number of hydrogen-bond donors (Lipinski definition) is 0. The summed E-state index contributed by atoms with van der Waals surface area (Å²) in [4.78, 5) is 33.9. The van der Waals surface area contributed by atoms with Gasteiger partial charge in [0.1, 0.15) is 0 Å². The van der Waals surface area contributed by atoms with Crippen LogP contribution in [0.15, 0.2) is 18.2 Å². The normalized spacial score (nSPS) is 10.0. The molecule has 0 heterocycles. The number of non-ortho nitro benzene ring substituents is 1. The van der Waals surface area contributed by atoms with Gasteiger partial charge in [-0.15, -0.1) is 0 Å². The maximum atomic E-state index is 11.9. The number of carbonyl (C=O) groups excluding carboxylic acids is 2. The number of nitro groups is 1. The predicted molar refractivity (Wildman–Crippen MR) is 74.2 cm³/mol. The first kappa shape index (κ1) is 16.6. The average molecular weight is 295 g/mol. The summed E-state index contributed by atoms with van der Waals surface area (Å²) in [6.45, 7) is 4.03. The Morgan fingerprint density at radius 3 is 2.05 bits per heavy atom. The summed E-state index contributed by atoms with van der Waals surface area (Å²) in [7, 11) is 0. The molecule has 0 saturated heterocycles. The van der Waals surface area contributed by atoms with E-state index in [0.29, 0.717) is 12.8 Å². The van der Waals surface area contributed by atoms with E-state index in [1.165, 1.54) is 6.07 Å². The fourth-order valence-electron chi connectivity index (χ4n) is 1.54. The largest absolute Gasteiger partial charge is 0.462 e. The van der Waals surface area contributed by atoms with Gasteiger partial charge in [0.2, 0.25) is 0 Å². The van der Waals surface area contributed by atoms with Crippen LogP contribution in [0.3, 0.4) is 0 Å². The third-order valence-corrected chi connectivity index (χ3v) is 2.53. The Kier molecular flexibility index (Phi) is 6.32. The number of esters is 2. The van der Waals surface area contributed by atoms with E-state index < -0.39 is 16.9 Å². The Balaban J connectivity index is 3.13. The highest BCUT2D eigenvalue weighted by Gasteiger charge is 2.22. The summed E-state index contributed by atoms with van der Waals surface area (Å²) >= 11 is 0. The number of carbonyl (C=O) groups is 2. The maximum Gasteiger partial charge on any atom is 0.339 e. The third kappa shape index (κ3) is 4.55. The highest BCUT2D eigenvalue weighted by molar-refractivity contribution is 6.03. The minimum atomic E-state index is -0.774. The molecule has 0 spiro atoms. The van der Waals surface area contributed by atoms with Crippen molar-refractivity contribution >= 4 is 17.6 Å². The molecule has 0 aliphatic carbocycles. The van der Waals surface area contributed by atoms with Crippen LogP contribution in [0.1, 0.15) is 47.4 Å². The molecular weight excluding hydrogens is 278 g/mol. The Bertz CT molecular complexity index is 540. The van der Waals surface area contributed by atoms with E-state index in [2.05, 4.69) is 0 Å². The van der Waals surface area contributed by atoms with E-state index in [4.69, 9.17) is 9.47 Å². The molecule has 0 saturated carbocycles. The zero-order valence-corrected chi connectivity index (χ0v) is 12.0. The lowest BCUT2D eigenvalue weighted by Crippen LogP contribution is -2.15. The highest BCUT2D eigenvalue weighted by atomic mass is 16.6. The van der Waals surface area contributed by atoms with Crippen molar-refractivity contribution in [1.29, 1.82) is 0 Å². The van der Waals surface area contributed by atoms with Gasteiger partial charge in [-0.25, -0.2) is 9.59 Å². The molecule has 0 N–H and O–H groups in total. The lowest BCUT2D eigenvalue weighted by atomic mass is 10.1. The van der Waals surface area contributed by atoms with Gasteiger partial charge < -0.3 is 9.47 Å². The summed E-state index contributed by atoms with van der Waals surface area (Å²) in [6.07, 6.45) is 1.24. The quantitative estimate of drug-likeness (QED) is 0.436. The van der Waals surface area contributed by atoms with Gasteiger partial charge in [-0.3, -0.25) is 10.1 Å². The molecular formula is C14H17NO6. The smallest absolute Gasteiger partial charge is 0.339 e. The van der Waals surface area contributed by atoms with Crippen molar-refractivity contribution in [2.45, 2.75) is 26.7 Å². The second-order valence-corrected chi connectivity index (χ2v) is 4.26. The van der Waals surface area contributed by atoms with E-state index in [0.717, 1.165) is 12.1 Å². The number of nitro benzene ring substituents is 1. The van der Waals surface area contributed by atoms with Gasteiger partial charge in [0, 0.05) is 12.1 Å². The van der Waals surface area contributed by atoms with Crippen molar-refractivity contribution in [3.63, 3.8) is 0 Å². The molecule has 1 rings (SSSR count). The van der Waals surface area contributed by atoms with Gasteiger partial charge in [0.05, 0.1) is 29.3 Å². The molecule has 7 nitrogen and oxygen atoms in total. The van der Waals surface area contributed by atoms with Crippen molar-refractivity contribution in [1.82, 2.24) is 0 Å². The van der Waals surface area contributed by atoms with E-state index >= 15 is 0 Å². The maximum absolute atomic E-state index is 11.9. The second kappa shape index (κ2) is 7.98. The zero-order chi connectivity index (χ0) is 15.8. The van der Waals surface area contributed by atoms with Crippen molar-refractivity contribution in [3.05, 3.63) is 39.4 Å². The van der Waals surface area contributed by atoms with Crippen molar-refractivity contribution < 1.29 is 24.0 Å². The molecule has 114 valence electrons. The molecule has 0 aliphatic rings. The summed E-state index contributed by atoms with van der Waals surface area (Å²) in [5.41, 5.74) is -0.473. The van der Waals surface area contributed by atoms with Crippen LogP contribution in [0.25, 0.3) is 0 Å². The first-order valence-corrected chi connectivity index (χ1v) is 6.63. The Labute approximate surface area is 122 Å². The lowest BCUT2D eigenvalue weighted by molar-refractivity contribution is -0.384. The van der Waals surface area contributed by atoms with Gasteiger partial charge >= 0.3 is 11.9 Å². The van der Waals surface area contributed by atoms with Crippen LogP contribution in [0.4, 0.5) is 5.69 Å². The van der Waals surface area contributed by atoms with Crippen molar-refractivity contribution in [2.75, 3.05) is 13.2 Å². The SMILES string of the molecule is CCCOC(=O)c1ccc([N+](=O)[O-])cc1C(=O)OCCC. The Morgan fingerprint density at radius 2 is 1.57 bits per heavy atom. The van der Waals surface area contributed by atoms with Crippen LogP contribution in [0.5, 0.6) is 0 Å². The molecule has 21 heavy (non-hydrogen) atoms. The average Bonchev–Trinajstić information content (AvgIpc) is 2.49. The fraction of sp³-hybridized carbons (Fsp3) is 0.429. The standard InChI is InChI=1S/C14H17NO6/c1-3-7-20-13(16)11-6-5-10(15(18)19)9-12(11)14(17)21-8-4-2/h5-6,9H,3-4,7-8H2,1-2H3. The molecule has 0 aliphatic heterocycles. The van der Waals surface area contributed by atoms with Gasteiger partial charge in [0.25, 0.3) is 5.69 Å². The van der Waals surface area contributed by atoms with E-state index in [9.17, 15) is 19.7 Å². The van der Waals surface area contributed by atoms with Gasteiger partial charge in [-0.05, 0) is 18.9 Å². The highest BCUT2D eigenvalue weighted by Crippen LogP contribution is 2.20. The number of rotatable bonds is 7. The monoisotopic (exact) mass is 295 g/mol. The second-order valence-electron chi connectivity index (χ2n) is 4.26. The molecule has 0 amide bonds. The van der Waals surface area contributed by atoms with Crippen LogP contribution in [-0.2, 0) is 9.47 Å². The number of benzene rings is 1. The summed E-state index contributed by atoms with van der Waals surface area (Å²) < 4.78 is 9.89. The van der Waals surface area contributed by atoms with E-state index in [-0.39, 0.29) is 30.0 Å². The predicted octanol–water partition coefficient (Wildman–Crippen LogP) is 2.73. The van der Waals surface area contributed by atoms with Crippen LogP contribution >= 0.6 is 0 Å². The molecule has 0 radical (unpaired) electrons. The molecule has 0 atom stereocenters. The zero-order valence-electron chi connectivity index (χ0n) is 12.0. The molecule has 0 unspecified atom stereocenters. The topological polar surface area (TPSA) is 95.7 Å². The molecule has 1 aromatic rings. The first-order chi connectivity index (χ1) is 10.0. The van der Waals surface area contributed by atoms with Crippen molar-refractivity contribution in [3.8, 4) is 0 Å². The fourth-order valence-corrected chi connectivity index (χ4v) is 1.54. The summed E-state index contributed by atoms with van der Waals surface area (Å²) in [5, 5.41) is 10.8. The summed E-state index contributed by atoms with van der Waals surface area (Å²) in [5.74, 6) is -1.47. The van der Waals surface area contributed by atoms with E-state index in [1.54, 1.807) is 0 Å². The van der Waals surface area contributed by atoms with Crippen LogP contribution in [0, 0.1) is 10.1 Å². The Morgan fingerprint density at radius 1 is 1.05 bits per heavy atom. The van der Waals surface area contributed by atoms with Crippen LogP contribution in [-0.4, -0.2) is 30.1 Å². The molecule has 0 bridgehead atoms. The number of ether oxygens (including phenoxy) is 2. The first-order valence-electron chi connectivity index (χ1n) is 6.63. The molecule has 0 aromatic heterocycles. The molecule has 0 fully saturated rings. The minimum absolute atomic E-state index is 0.0323. The van der Waals surface area contributed by atoms with Gasteiger partial charge in [-0.2, -0.15) is 0 Å². The van der Waals surface area contributed by atoms with Gasteiger partial charge in [-0.1, -0.05) is 13.8 Å². The molecule has 1 aromatic carbocycles. The number of nitrogens with zero attached hydrogens (tertiary/aromatic N) is 1. The lowest BCUT2D eigenvalue weighted by Gasteiger charge is -2.09. The van der Waals surface area contributed by atoms with Gasteiger partial charge in [0.15, 0.2) is 0 Å². The van der Waals surface area contributed by atoms with Crippen LogP contribution in [0.2, 0.25) is 0 Å².